The van der Waals surface area contributed by atoms with Crippen molar-refractivity contribution in [2.24, 2.45) is 20.0 Å². The second kappa shape index (κ2) is 8.37. The highest BCUT2D eigenvalue weighted by Gasteiger charge is 2.38. The van der Waals surface area contributed by atoms with Gasteiger partial charge in [-0.25, -0.2) is 23.1 Å². The first-order chi connectivity index (χ1) is 17.9. The summed E-state index contributed by atoms with van der Waals surface area (Å²) >= 11 is 0. The molecule has 1 aromatic carbocycles. The van der Waals surface area contributed by atoms with Crippen molar-refractivity contribution in [1.29, 1.82) is 0 Å². The van der Waals surface area contributed by atoms with E-state index in [0.29, 0.717) is 37.1 Å². The van der Waals surface area contributed by atoms with Crippen LogP contribution in [0.25, 0.3) is 33.5 Å². The van der Waals surface area contributed by atoms with Gasteiger partial charge in [-0.2, -0.15) is 10.2 Å². The lowest BCUT2D eigenvalue weighted by Gasteiger charge is -2.19. The van der Waals surface area contributed by atoms with Crippen LogP contribution in [0.1, 0.15) is 43.6 Å². The number of aromatic nitrogens is 6. The topological polar surface area (TPSA) is 98.8 Å². The summed E-state index contributed by atoms with van der Waals surface area (Å²) < 4.78 is 29.7. The number of hydrogen-bond acceptors (Lipinski definition) is 7. The lowest BCUT2D eigenvalue weighted by molar-refractivity contribution is 0.579. The highest BCUT2D eigenvalue weighted by molar-refractivity contribution is 7.92. The van der Waals surface area contributed by atoms with E-state index >= 15 is 0 Å². The fourth-order valence-electron chi connectivity index (χ4n) is 5.75. The van der Waals surface area contributed by atoms with Gasteiger partial charge in [-0.1, -0.05) is 24.3 Å². The summed E-state index contributed by atoms with van der Waals surface area (Å²) in [5.74, 6) is 2.13. The van der Waals surface area contributed by atoms with Crippen LogP contribution < -0.4 is 4.90 Å². The van der Waals surface area contributed by atoms with Gasteiger partial charge in [-0.15, -0.1) is 0 Å². The molecule has 0 radical (unpaired) electrons. The Morgan fingerprint density at radius 1 is 0.973 bits per heavy atom. The Balaban J connectivity index is 1.29. The van der Waals surface area contributed by atoms with Gasteiger partial charge in [0.05, 0.1) is 28.3 Å². The fraction of sp³-hybridized carbons (Fsp3) is 0.481. The Bertz CT molecular complexity index is 1600. The van der Waals surface area contributed by atoms with E-state index in [2.05, 4.69) is 44.2 Å². The van der Waals surface area contributed by atoms with E-state index in [0.717, 1.165) is 52.2 Å². The molecule has 37 heavy (non-hydrogen) atoms. The van der Waals surface area contributed by atoms with E-state index in [1.165, 1.54) is 18.4 Å². The van der Waals surface area contributed by atoms with E-state index in [-0.39, 0.29) is 5.25 Å². The zero-order valence-electron chi connectivity index (χ0n) is 21.2. The molecule has 1 unspecified atom stereocenters. The van der Waals surface area contributed by atoms with Gasteiger partial charge < -0.3 is 4.90 Å². The summed E-state index contributed by atoms with van der Waals surface area (Å²) in [7, 11) is 0.723. The quantitative estimate of drug-likeness (QED) is 0.368. The van der Waals surface area contributed by atoms with E-state index in [9.17, 15) is 8.42 Å². The van der Waals surface area contributed by atoms with Gasteiger partial charge in [0, 0.05) is 38.3 Å². The molecule has 1 saturated heterocycles. The predicted molar refractivity (Wildman–Crippen MR) is 143 cm³/mol. The molecular formula is C27H31N7O2S. The van der Waals surface area contributed by atoms with Crippen LogP contribution >= 0.6 is 0 Å². The minimum Gasteiger partial charge on any atom is -0.355 e. The highest BCUT2D eigenvalue weighted by atomic mass is 32.2. The molecule has 4 heterocycles. The maximum atomic E-state index is 13.0. The van der Waals surface area contributed by atoms with Gasteiger partial charge in [-0.3, -0.25) is 4.68 Å². The molecule has 1 aliphatic heterocycles. The molecule has 0 spiro atoms. The first-order valence-electron chi connectivity index (χ1n) is 13.2. The minimum atomic E-state index is -3.11. The van der Waals surface area contributed by atoms with Crippen LogP contribution in [0.4, 0.5) is 5.82 Å². The summed E-state index contributed by atoms with van der Waals surface area (Å²) in [4.78, 5) is 11.3. The number of nitrogens with zero attached hydrogens (tertiary/aromatic N) is 7. The Hall–Kier alpha value is -3.27. The average molecular weight is 518 g/mol. The Kier molecular flexibility index (Phi) is 5.18. The Morgan fingerprint density at radius 2 is 1.76 bits per heavy atom. The van der Waals surface area contributed by atoms with Gasteiger partial charge in [0.15, 0.2) is 15.5 Å². The summed E-state index contributed by atoms with van der Waals surface area (Å²) in [6.07, 6.45) is 8.67. The molecule has 0 bridgehead atoms. The summed E-state index contributed by atoms with van der Waals surface area (Å²) in [6, 6.07) is 8.79. The number of hydrogen-bond donors (Lipinski definition) is 0. The van der Waals surface area contributed by atoms with Crippen molar-refractivity contribution in [1.82, 2.24) is 29.5 Å². The lowest BCUT2D eigenvalue weighted by atomic mass is 10.0. The normalized spacial score (nSPS) is 20.3. The molecule has 4 aromatic rings. The molecule has 192 valence electrons. The molecule has 7 rings (SSSR count). The second-order valence-corrected chi connectivity index (χ2v) is 13.3. The second-order valence-electron chi connectivity index (χ2n) is 10.9. The van der Waals surface area contributed by atoms with Crippen molar-refractivity contribution >= 4 is 26.7 Å². The molecule has 2 aliphatic carbocycles. The van der Waals surface area contributed by atoms with E-state index in [1.54, 1.807) is 11.0 Å². The van der Waals surface area contributed by atoms with E-state index in [4.69, 9.17) is 5.10 Å². The molecular weight excluding hydrogens is 486 g/mol. The van der Waals surface area contributed by atoms with Crippen LogP contribution in [0.3, 0.4) is 0 Å². The molecule has 3 aromatic heterocycles. The van der Waals surface area contributed by atoms with Crippen molar-refractivity contribution in [2.75, 3.05) is 23.7 Å². The van der Waals surface area contributed by atoms with Crippen LogP contribution in [0.15, 0.2) is 36.8 Å². The van der Waals surface area contributed by atoms with Crippen molar-refractivity contribution in [3.05, 3.63) is 42.4 Å². The highest BCUT2D eigenvalue weighted by Crippen LogP contribution is 2.42. The SMILES string of the molecule is Cn1ncc(-c2nn(C)c3ncnc(N4CCC(S(=O)(=O)CC5CC5)C4)c23)c1-c1ccc(C2CC2)cc1. The van der Waals surface area contributed by atoms with E-state index in [1.807, 2.05) is 25.0 Å². The van der Waals surface area contributed by atoms with Crippen LogP contribution in [0.5, 0.6) is 0 Å². The molecule has 2 saturated carbocycles. The standard InChI is InChI=1S/C27H31N7O2S/c1-32-25(20-9-7-19(8-10-20)18-5-6-18)22(13-30-32)24-23-26(33(2)31-24)28-16-29-27(23)34-12-11-21(14-34)37(35,36)15-17-3-4-17/h7-10,13,16-18,21H,3-6,11-12,14-15H2,1-2H3. The molecule has 3 aliphatic rings. The van der Waals surface area contributed by atoms with Gasteiger partial charge in [0.25, 0.3) is 0 Å². The van der Waals surface area contributed by atoms with Gasteiger partial charge in [-0.05, 0) is 49.5 Å². The van der Waals surface area contributed by atoms with Gasteiger partial charge >= 0.3 is 0 Å². The maximum Gasteiger partial charge on any atom is 0.163 e. The maximum absolute atomic E-state index is 13.0. The molecule has 0 amide bonds. The predicted octanol–water partition coefficient (Wildman–Crippen LogP) is 3.71. The van der Waals surface area contributed by atoms with Crippen molar-refractivity contribution in [3.8, 4) is 22.5 Å². The van der Waals surface area contributed by atoms with Crippen molar-refractivity contribution < 1.29 is 8.42 Å². The number of sulfone groups is 1. The summed E-state index contributed by atoms with van der Waals surface area (Å²) in [5, 5.41) is 9.96. The number of aryl methyl sites for hydroxylation is 2. The van der Waals surface area contributed by atoms with Crippen LogP contribution in [-0.2, 0) is 23.9 Å². The smallest absolute Gasteiger partial charge is 0.163 e. The van der Waals surface area contributed by atoms with E-state index < -0.39 is 9.84 Å². The first kappa shape index (κ1) is 22.9. The number of anilines is 1. The molecule has 10 heteroatoms. The zero-order valence-corrected chi connectivity index (χ0v) is 22.0. The van der Waals surface area contributed by atoms with Crippen LogP contribution in [0, 0.1) is 5.92 Å². The third-order valence-corrected chi connectivity index (χ3v) is 10.5. The number of fused-ring (bicyclic) bond motifs is 1. The number of rotatable bonds is 7. The fourth-order valence-corrected chi connectivity index (χ4v) is 7.88. The van der Waals surface area contributed by atoms with Crippen molar-refractivity contribution in [2.45, 2.75) is 43.3 Å². The zero-order chi connectivity index (χ0) is 25.3. The van der Waals surface area contributed by atoms with Gasteiger partial charge in [0.1, 0.15) is 17.8 Å². The summed E-state index contributed by atoms with van der Waals surface area (Å²) in [5.41, 5.74) is 5.88. The third kappa shape index (κ3) is 4.02. The molecule has 9 nitrogen and oxygen atoms in total. The van der Waals surface area contributed by atoms with Gasteiger partial charge in [0.2, 0.25) is 0 Å². The minimum absolute atomic E-state index is 0.321. The first-order valence-corrected chi connectivity index (χ1v) is 14.9. The number of benzene rings is 1. The molecule has 3 fully saturated rings. The summed E-state index contributed by atoms with van der Waals surface area (Å²) in [6.45, 7) is 1.11. The lowest BCUT2D eigenvalue weighted by Crippen LogP contribution is -2.29. The van der Waals surface area contributed by atoms with Crippen molar-refractivity contribution in [3.63, 3.8) is 0 Å². The van der Waals surface area contributed by atoms with Crippen LogP contribution in [0.2, 0.25) is 0 Å². The average Bonchev–Trinajstić information content (AvgIpc) is 3.78. The Morgan fingerprint density at radius 3 is 2.49 bits per heavy atom. The third-order valence-electron chi connectivity index (χ3n) is 8.14. The van der Waals surface area contributed by atoms with Crippen LogP contribution in [-0.4, -0.2) is 62.0 Å². The monoisotopic (exact) mass is 517 g/mol. The largest absolute Gasteiger partial charge is 0.355 e. The molecule has 0 N–H and O–H groups in total. The Labute approximate surface area is 216 Å². The molecule has 1 atom stereocenters.